The molecule has 1 aliphatic carbocycles. The molecule has 0 aliphatic heterocycles. The van der Waals surface area contributed by atoms with Crippen molar-refractivity contribution in [2.24, 2.45) is 5.92 Å². The number of fused-ring (bicyclic) bond motifs is 1. The van der Waals surface area contributed by atoms with Crippen LogP contribution in [0.2, 0.25) is 0 Å². The Hall–Kier alpha value is -1.37. The van der Waals surface area contributed by atoms with E-state index in [1.807, 2.05) is 22.8 Å². The molecular weight excluding hydrogens is 381 g/mol. The van der Waals surface area contributed by atoms with Crippen molar-refractivity contribution in [3.05, 3.63) is 43.8 Å². The molecule has 110 valence electrons. The maximum Gasteiger partial charge on any atom is 0.343 e. The van der Waals surface area contributed by atoms with Crippen molar-refractivity contribution in [2.75, 3.05) is 6.61 Å². The van der Waals surface area contributed by atoms with Crippen molar-refractivity contribution in [3.8, 4) is 0 Å². The molecule has 0 radical (unpaired) electrons. The first-order valence-corrected chi connectivity index (χ1v) is 8.18. The molecule has 4 nitrogen and oxygen atoms in total. The second-order valence-corrected chi connectivity index (χ2v) is 6.60. The van der Waals surface area contributed by atoms with Crippen LogP contribution in [0.1, 0.15) is 30.1 Å². The van der Waals surface area contributed by atoms with Crippen LogP contribution in [0.25, 0.3) is 10.9 Å². The molecule has 21 heavy (non-hydrogen) atoms. The van der Waals surface area contributed by atoms with E-state index in [9.17, 15) is 9.59 Å². The molecule has 1 heterocycles. The van der Waals surface area contributed by atoms with Gasteiger partial charge in [0.1, 0.15) is 5.56 Å². The lowest BCUT2D eigenvalue weighted by Crippen LogP contribution is -2.21. The molecule has 0 unspecified atom stereocenters. The van der Waals surface area contributed by atoms with Crippen LogP contribution < -0.4 is 5.43 Å². The van der Waals surface area contributed by atoms with Crippen molar-refractivity contribution in [1.82, 2.24) is 4.57 Å². The fourth-order valence-electron chi connectivity index (χ4n) is 2.45. The minimum Gasteiger partial charge on any atom is -0.462 e. The highest BCUT2D eigenvalue weighted by Crippen LogP contribution is 2.31. The Morgan fingerprint density at radius 3 is 2.86 bits per heavy atom. The summed E-state index contributed by atoms with van der Waals surface area (Å²) >= 11 is 2.18. The van der Waals surface area contributed by atoms with Gasteiger partial charge in [0.05, 0.1) is 12.1 Å². The average molecular weight is 397 g/mol. The van der Waals surface area contributed by atoms with Gasteiger partial charge in [-0.15, -0.1) is 0 Å². The van der Waals surface area contributed by atoms with Gasteiger partial charge in [0, 0.05) is 21.7 Å². The third-order valence-corrected chi connectivity index (χ3v) is 4.36. The Bertz CT molecular complexity index is 762. The SMILES string of the molecule is CCOC(=O)c1cn(CC2CC2)c2ccc(I)cc2c1=O. The van der Waals surface area contributed by atoms with E-state index in [1.54, 1.807) is 13.1 Å². The summed E-state index contributed by atoms with van der Waals surface area (Å²) in [4.78, 5) is 24.5. The number of halogens is 1. The van der Waals surface area contributed by atoms with E-state index >= 15 is 0 Å². The van der Waals surface area contributed by atoms with E-state index < -0.39 is 5.97 Å². The number of pyridine rings is 1. The van der Waals surface area contributed by atoms with E-state index in [0.29, 0.717) is 11.3 Å². The molecule has 5 heteroatoms. The Balaban J connectivity index is 2.20. The molecule has 0 amide bonds. The van der Waals surface area contributed by atoms with Gasteiger partial charge in [-0.05, 0) is 66.5 Å². The summed E-state index contributed by atoms with van der Waals surface area (Å²) in [6, 6.07) is 5.77. The average Bonchev–Trinajstić information content (AvgIpc) is 3.26. The molecular formula is C16H16INO3. The summed E-state index contributed by atoms with van der Waals surface area (Å²) in [5.41, 5.74) is 0.779. The fraction of sp³-hybridized carbons (Fsp3) is 0.375. The van der Waals surface area contributed by atoms with Gasteiger partial charge >= 0.3 is 5.97 Å². The van der Waals surface area contributed by atoms with Gasteiger partial charge < -0.3 is 9.30 Å². The summed E-state index contributed by atoms with van der Waals surface area (Å²) in [5.74, 6) is 0.123. The van der Waals surface area contributed by atoms with Crippen LogP contribution in [0.5, 0.6) is 0 Å². The quantitative estimate of drug-likeness (QED) is 0.588. The van der Waals surface area contributed by atoms with Gasteiger partial charge in [-0.1, -0.05) is 0 Å². The van der Waals surface area contributed by atoms with E-state index in [4.69, 9.17) is 4.74 Å². The van der Waals surface area contributed by atoms with Crippen LogP contribution in [0.4, 0.5) is 0 Å². The van der Waals surface area contributed by atoms with Gasteiger partial charge in [-0.2, -0.15) is 0 Å². The summed E-state index contributed by atoms with van der Waals surface area (Å²) < 4.78 is 8.02. The maximum atomic E-state index is 12.5. The number of rotatable bonds is 4. The first kappa shape index (κ1) is 14.6. The molecule has 0 saturated heterocycles. The summed E-state index contributed by atoms with van der Waals surface area (Å²) in [6.07, 6.45) is 4.09. The van der Waals surface area contributed by atoms with Crippen molar-refractivity contribution < 1.29 is 9.53 Å². The number of hydrogen-bond acceptors (Lipinski definition) is 3. The first-order chi connectivity index (χ1) is 10.1. The number of carbonyl (C=O) groups excluding carboxylic acids is 1. The topological polar surface area (TPSA) is 48.3 Å². The summed E-state index contributed by atoms with van der Waals surface area (Å²) in [5, 5.41) is 0.591. The number of carbonyl (C=O) groups is 1. The monoisotopic (exact) mass is 397 g/mol. The van der Waals surface area contributed by atoms with E-state index in [2.05, 4.69) is 22.6 Å². The predicted octanol–water partition coefficient (Wildman–Crippen LogP) is 3.19. The van der Waals surface area contributed by atoms with Gasteiger partial charge in [-0.3, -0.25) is 4.79 Å². The molecule has 1 aromatic carbocycles. The van der Waals surface area contributed by atoms with Gasteiger partial charge in [-0.25, -0.2) is 4.79 Å². The number of esters is 1. The molecule has 1 fully saturated rings. The number of hydrogen-bond donors (Lipinski definition) is 0. The van der Waals surface area contributed by atoms with E-state index in [-0.39, 0.29) is 17.6 Å². The fourth-order valence-corrected chi connectivity index (χ4v) is 2.94. The van der Waals surface area contributed by atoms with Crippen molar-refractivity contribution in [1.29, 1.82) is 0 Å². The largest absolute Gasteiger partial charge is 0.462 e. The van der Waals surface area contributed by atoms with Gasteiger partial charge in [0.25, 0.3) is 0 Å². The maximum absolute atomic E-state index is 12.5. The predicted molar refractivity (Wildman–Crippen MR) is 89.6 cm³/mol. The second-order valence-electron chi connectivity index (χ2n) is 5.35. The van der Waals surface area contributed by atoms with Crippen molar-refractivity contribution in [2.45, 2.75) is 26.3 Å². The number of benzene rings is 1. The molecule has 2 aromatic rings. The van der Waals surface area contributed by atoms with Crippen LogP contribution in [-0.2, 0) is 11.3 Å². The lowest BCUT2D eigenvalue weighted by atomic mass is 10.1. The van der Waals surface area contributed by atoms with Crippen molar-refractivity contribution >= 4 is 39.5 Å². The Morgan fingerprint density at radius 1 is 1.43 bits per heavy atom. The Labute approximate surface area is 136 Å². The number of aromatic nitrogens is 1. The van der Waals surface area contributed by atoms with Crippen LogP contribution in [-0.4, -0.2) is 17.1 Å². The number of nitrogens with zero attached hydrogens (tertiary/aromatic N) is 1. The zero-order valence-corrected chi connectivity index (χ0v) is 13.9. The first-order valence-electron chi connectivity index (χ1n) is 7.10. The molecule has 0 bridgehead atoms. The normalized spacial score (nSPS) is 14.4. The van der Waals surface area contributed by atoms with Crippen LogP contribution >= 0.6 is 22.6 Å². The summed E-state index contributed by atoms with van der Waals surface area (Å²) in [7, 11) is 0. The molecule has 0 atom stereocenters. The van der Waals surface area contributed by atoms with Crippen molar-refractivity contribution in [3.63, 3.8) is 0 Å². The Kier molecular flexibility index (Phi) is 4.01. The smallest absolute Gasteiger partial charge is 0.343 e. The highest BCUT2D eigenvalue weighted by atomic mass is 127. The van der Waals surface area contributed by atoms with Crippen LogP contribution in [0.15, 0.2) is 29.2 Å². The van der Waals surface area contributed by atoms with E-state index in [1.165, 1.54) is 12.8 Å². The molecule has 3 rings (SSSR count). The standard InChI is InChI=1S/C16H16INO3/c1-2-21-16(20)13-9-18(8-10-3-4-10)14-6-5-11(17)7-12(14)15(13)19/h5-7,9-10H,2-4,8H2,1H3. The minimum atomic E-state index is -0.534. The lowest BCUT2D eigenvalue weighted by Gasteiger charge is -2.13. The van der Waals surface area contributed by atoms with E-state index in [0.717, 1.165) is 15.6 Å². The highest BCUT2D eigenvalue weighted by molar-refractivity contribution is 14.1. The molecule has 1 aliphatic rings. The van der Waals surface area contributed by atoms with Crippen LogP contribution in [0, 0.1) is 9.49 Å². The minimum absolute atomic E-state index is 0.131. The zero-order chi connectivity index (χ0) is 15.0. The van der Waals surface area contributed by atoms with Gasteiger partial charge in [0.15, 0.2) is 0 Å². The van der Waals surface area contributed by atoms with Gasteiger partial charge in [0.2, 0.25) is 5.43 Å². The van der Waals surface area contributed by atoms with Crippen LogP contribution in [0.3, 0.4) is 0 Å². The third kappa shape index (κ3) is 2.97. The summed E-state index contributed by atoms with van der Waals surface area (Å²) in [6.45, 7) is 2.86. The number of ether oxygens (including phenoxy) is 1. The Morgan fingerprint density at radius 2 is 2.19 bits per heavy atom. The molecule has 1 aromatic heterocycles. The zero-order valence-electron chi connectivity index (χ0n) is 11.8. The lowest BCUT2D eigenvalue weighted by molar-refractivity contribution is 0.0524. The molecule has 1 saturated carbocycles. The highest BCUT2D eigenvalue weighted by Gasteiger charge is 2.24. The second kappa shape index (κ2) is 5.79. The molecule has 0 N–H and O–H groups in total. The molecule has 0 spiro atoms. The third-order valence-electron chi connectivity index (χ3n) is 3.69.